The second kappa shape index (κ2) is 10.1. The van der Waals surface area contributed by atoms with E-state index < -0.39 is 0 Å². The van der Waals surface area contributed by atoms with Crippen LogP contribution in [-0.2, 0) is 0 Å². The van der Waals surface area contributed by atoms with Crippen LogP contribution in [0.3, 0.4) is 0 Å². The molecule has 0 radical (unpaired) electrons. The minimum absolute atomic E-state index is 0.313. The van der Waals surface area contributed by atoms with Crippen molar-refractivity contribution in [2.45, 2.75) is 51.5 Å². The molecular weight excluding hydrogens is 436 g/mol. The Hall–Kier alpha value is -3.93. The SMILES string of the molecule is Cc1c(ONC(=O)c2cccnc2)cccc1C1CCC(Nc2cc(C)c3ccccc3n2)CC1. The van der Waals surface area contributed by atoms with Gasteiger partial charge in [-0.2, -0.15) is 5.48 Å². The first kappa shape index (κ1) is 22.8. The zero-order valence-corrected chi connectivity index (χ0v) is 20.1. The number of amides is 1. The summed E-state index contributed by atoms with van der Waals surface area (Å²) in [4.78, 5) is 26.8. The third kappa shape index (κ3) is 5.11. The standard InChI is InChI=1S/C29H30N4O2/c1-19-17-28(32-26-10-4-3-8-24(19)26)31-23-14-12-21(13-15-23)25-9-5-11-27(20(25)2)35-33-29(34)22-7-6-16-30-18-22/h3-11,16-18,21,23H,12-15H2,1-2H3,(H,31,32)(H,33,34). The number of aryl methyl sites for hydroxylation is 1. The van der Waals surface area contributed by atoms with Crippen LogP contribution in [-0.4, -0.2) is 21.9 Å². The van der Waals surface area contributed by atoms with Gasteiger partial charge in [0.25, 0.3) is 5.91 Å². The third-order valence-electron chi connectivity index (χ3n) is 6.95. The van der Waals surface area contributed by atoms with E-state index in [0.29, 0.717) is 23.3 Å². The number of nitrogens with zero attached hydrogens (tertiary/aromatic N) is 2. The van der Waals surface area contributed by atoms with E-state index >= 15 is 0 Å². The Kier molecular flexibility index (Phi) is 6.62. The van der Waals surface area contributed by atoms with Crippen molar-refractivity contribution in [2.24, 2.45) is 0 Å². The fraction of sp³-hybridized carbons (Fsp3) is 0.276. The minimum Gasteiger partial charge on any atom is -0.379 e. The molecule has 2 N–H and O–H groups in total. The quantitative estimate of drug-likeness (QED) is 0.335. The smallest absolute Gasteiger partial charge is 0.285 e. The van der Waals surface area contributed by atoms with Crippen LogP contribution in [0.4, 0.5) is 5.82 Å². The van der Waals surface area contributed by atoms with Crippen LogP contribution in [0.1, 0.15) is 58.6 Å². The Morgan fingerprint density at radius 3 is 2.60 bits per heavy atom. The molecule has 1 amide bonds. The Morgan fingerprint density at radius 2 is 1.80 bits per heavy atom. The summed E-state index contributed by atoms with van der Waals surface area (Å²) in [5, 5.41) is 4.88. The summed E-state index contributed by atoms with van der Waals surface area (Å²) in [6.07, 6.45) is 7.51. The lowest BCUT2D eigenvalue weighted by Gasteiger charge is -2.31. The number of hydroxylamine groups is 1. The number of nitrogens with one attached hydrogen (secondary N) is 2. The molecule has 178 valence electrons. The zero-order valence-electron chi connectivity index (χ0n) is 20.1. The molecule has 6 nitrogen and oxygen atoms in total. The van der Waals surface area contributed by atoms with Crippen molar-refractivity contribution in [3.8, 4) is 5.75 Å². The van der Waals surface area contributed by atoms with Crippen molar-refractivity contribution >= 4 is 22.6 Å². The van der Waals surface area contributed by atoms with Crippen molar-refractivity contribution in [3.63, 3.8) is 0 Å². The highest BCUT2D eigenvalue weighted by atomic mass is 16.7. The molecule has 35 heavy (non-hydrogen) atoms. The van der Waals surface area contributed by atoms with Crippen molar-refractivity contribution in [2.75, 3.05) is 5.32 Å². The fourth-order valence-corrected chi connectivity index (χ4v) is 5.02. The number of carbonyl (C=O) groups is 1. The summed E-state index contributed by atoms with van der Waals surface area (Å²) < 4.78 is 0. The van der Waals surface area contributed by atoms with Crippen molar-refractivity contribution < 1.29 is 9.63 Å². The number of para-hydroxylation sites is 1. The van der Waals surface area contributed by atoms with Crippen molar-refractivity contribution in [1.82, 2.24) is 15.4 Å². The minimum atomic E-state index is -0.313. The van der Waals surface area contributed by atoms with Crippen molar-refractivity contribution in [1.29, 1.82) is 0 Å². The van der Waals surface area contributed by atoms with Gasteiger partial charge >= 0.3 is 0 Å². The molecule has 0 aliphatic heterocycles. The van der Waals surface area contributed by atoms with Crippen LogP contribution < -0.4 is 15.6 Å². The number of benzene rings is 2. The molecule has 4 aromatic rings. The summed E-state index contributed by atoms with van der Waals surface area (Å²) >= 11 is 0. The van der Waals surface area contributed by atoms with Gasteiger partial charge in [0.15, 0.2) is 5.75 Å². The van der Waals surface area contributed by atoms with Crippen LogP contribution in [0.25, 0.3) is 10.9 Å². The molecule has 2 aromatic carbocycles. The molecule has 1 aliphatic carbocycles. The summed E-state index contributed by atoms with van der Waals surface area (Å²) in [5.74, 6) is 1.79. The van der Waals surface area contributed by atoms with E-state index in [2.05, 4.69) is 60.0 Å². The molecule has 0 bridgehead atoms. The topological polar surface area (TPSA) is 76.1 Å². The van der Waals surface area contributed by atoms with E-state index in [9.17, 15) is 4.79 Å². The molecule has 2 aromatic heterocycles. The predicted octanol–water partition coefficient (Wildman–Crippen LogP) is 6.11. The third-order valence-corrected chi connectivity index (χ3v) is 6.95. The Morgan fingerprint density at radius 1 is 0.971 bits per heavy atom. The molecule has 1 aliphatic rings. The van der Waals surface area contributed by atoms with Crippen LogP contribution in [0, 0.1) is 13.8 Å². The van der Waals surface area contributed by atoms with Gasteiger partial charge in [-0.15, -0.1) is 0 Å². The highest BCUT2D eigenvalue weighted by Crippen LogP contribution is 2.37. The molecule has 2 heterocycles. The van der Waals surface area contributed by atoms with Gasteiger partial charge in [-0.3, -0.25) is 9.78 Å². The first-order chi connectivity index (χ1) is 17.1. The van der Waals surface area contributed by atoms with Crippen molar-refractivity contribution in [3.05, 3.63) is 95.3 Å². The Bertz CT molecular complexity index is 1330. The average molecular weight is 467 g/mol. The van der Waals surface area contributed by atoms with Gasteiger partial charge in [0, 0.05) is 23.8 Å². The van der Waals surface area contributed by atoms with Gasteiger partial charge in [0.1, 0.15) is 5.82 Å². The van der Waals surface area contributed by atoms with Crippen LogP contribution in [0.15, 0.2) is 73.1 Å². The number of hydrogen-bond acceptors (Lipinski definition) is 5. The Labute approximate surface area is 205 Å². The second-order valence-electron chi connectivity index (χ2n) is 9.28. The normalized spacial score (nSPS) is 17.7. The maximum absolute atomic E-state index is 12.3. The second-order valence-corrected chi connectivity index (χ2v) is 9.28. The van der Waals surface area contributed by atoms with Gasteiger partial charge < -0.3 is 10.2 Å². The van der Waals surface area contributed by atoms with Crippen LogP contribution >= 0.6 is 0 Å². The highest BCUT2D eigenvalue weighted by Gasteiger charge is 2.25. The van der Waals surface area contributed by atoms with E-state index in [-0.39, 0.29) is 5.91 Å². The summed E-state index contributed by atoms with van der Waals surface area (Å²) in [6, 6.07) is 20.4. The predicted molar refractivity (Wildman–Crippen MR) is 139 cm³/mol. The molecule has 0 atom stereocenters. The summed E-state index contributed by atoms with van der Waals surface area (Å²) in [5.41, 5.74) is 7.64. The number of aromatic nitrogens is 2. The van der Waals surface area contributed by atoms with Crippen LogP contribution in [0.5, 0.6) is 5.75 Å². The monoisotopic (exact) mass is 466 g/mol. The zero-order chi connectivity index (χ0) is 24.2. The lowest BCUT2D eigenvalue weighted by Crippen LogP contribution is -2.28. The molecule has 6 heteroatoms. The first-order valence-electron chi connectivity index (χ1n) is 12.2. The summed E-state index contributed by atoms with van der Waals surface area (Å²) in [6.45, 7) is 4.20. The molecule has 0 spiro atoms. The molecule has 0 unspecified atom stereocenters. The number of fused-ring (bicyclic) bond motifs is 1. The lowest BCUT2D eigenvalue weighted by molar-refractivity contribution is 0.0758. The molecule has 0 saturated heterocycles. The van der Waals surface area contributed by atoms with E-state index in [0.717, 1.165) is 42.6 Å². The van der Waals surface area contributed by atoms with Gasteiger partial charge in [-0.25, -0.2) is 4.98 Å². The number of hydrogen-bond donors (Lipinski definition) is 2. The van der Waals surface area contributed by atoms with Crippen LogP contribution in [0.2, 0.25) is 0 Å². The van der Waals surface area contributed by atoms with E-state index in [1.54, 1.807) is 18.3 Å². The maximum atomic E-state index is 12.3. The number of rotatable bonds is 6. The van der Waals surface area contributed by atoms with Gasteiger partial charge in [-0.05, 0) is 92.5 Å². The largest absolute Gasteiger partial charge is 0.379 e. The van der Waals surface area contributed by atoms with E-state index in [4.69, 9.17) is 9.82 Å². The molecular formula is C29H30N4O2. The molecule has 5 rings (SSSR count). The fourth-order valence-electron chi connectivity index (χ4n) is 5.02. The van der Waals surface area contributed by atoms with E-state index in [1.165, 1.54) is 22.7 Å². The van der Waals surface area contributed by atoms with Gasteiger partial charge in [0.2, 0.25) is 0 Å². The van der Waals surface area contributed by atoms with Gasteiger partial charge in [-0.1, -0.05) is 30.3 Å². The average Bonchev–Trinajstić information content (AvgIpc) is 2.89. The number of pyridine rings is 2. The first-order valence-corrected chi connectivity index (χ1v) is 12.2. The van der Waals surface area contributed by atoms with Gasteiger partial charge in [0.05, 0.1) is 11.1 Å². The summed E-state index contributed by atoms with van der Waals surface area (Å²) in [7, 11) is 0. The van der Waals surface area contributed by atoms with E-state index in [1.807, 2.05) is 18.2 Å². The number of carbonyl (C=O) groups excluding carboxylic acids is 1. The Balaban J connectivity index is 1.20. The lowest BCUT2D eigenvalue weighted by atomic mass is 9.80. The molecule has 1 saturated carbocycles. The number of anilines is 1. The maximum Gasteiger partial charge on any atom is 0.285 e. The highest BCUT2D eigenvalue weighted by molar-refractivity contribution is 5.93. The molecule has 1 fully saturated rings.